The maximum atomic E-state index is 13.7. The second-order valence-corrected chi connectivity index (χ2v) is 16.6. The Kier molecular flexibility index (Phi) is 16.6. The summed E-state index contributed by atoms with van der Waals surface area (Å²) in [6.07, 6.45) is 0.946. The van der Waals surface area contributed by atoms with Gasteiger partial charge in [-0.2, -0.15) is 0 Å². The van der Waals surface area contributed by atoms with Gasteiger partial charge >= 0.3 is 5.97 Å². The average Bonchev–Trinajstić information content (AvgIpc) is 3.40. The quantitative estimate of drug-likeness (QED) is 0.0296. The summed E-state index contributed by atoms with van der Waals surface area (Å²) in [5.74, 6) is -0.135. The van der Waals surface area contributed by atoms with E-state index in [9.17, 15) is 14.4 Å². The van der Waals surface area contributed by atoms with E-state index in [1.165, 1.54) is 37.4 Å². The Bertz CT molecular complexity index is 2520. The zero-order valence-electron chi connectivity index (χ0n) is 37.8. The fraction of sp³-hybridized carbons (Fsp3) is 0.196. The van der Waals surface area contributed by atoms with Crippen LogP contribution in [0.5, 0.6) is 11.5 Å². The molecule has 7 rings (SSSR count). The van der Waals surface area contributed by atoms with Gasteiger partial charge in [0.1, 0.15) is 21.8 Å². The molecule has 0 bridgehead atoms. The monoisotopic (exact) mass is 914 g/mol. The number of rotatable bonds is 22. The number of methoxy groups -OCH3 is 3. The van der Waals surface area contributed by atoms with Crippen molar-refractivity contribution < 1.29 is 37.5 Å². The highest BCUT2D eigenvalue weighted by Crippen LogP contribution is 2.49. The molecule has 7 aromatic carbocycles. The summed E-state index contributed by atoms with van der Waals surface area (Å²) >= 11 is 1.38. The van der Waals surface area contributed by atoms with Crippen molar-refractivity contribution in [2.45, 2.75) is 23.2 Å². The van der Waals surface area contributed by atoms with Crippen molar-refractivity contribution in [1.29, 1.82) is 0 Å². The topological polar surface area (TPSA) is 121 Å². The number of carbonyl (C=O) groups is 3. The molecule has 0 saturated carbocycles. The van der Waals surface area contributed by atoms with E-state index in [1.54, 1.807) is 14.2 Å². The van der Waals surface area contributed by atoms with Crippen LogP contribution in [-0.2, 0) is 24.0 Å². The third-order valence-corrected chi connectivity index (χ3v) is 12.6. The van der Waals surface area contributed by atoms with Crippen molar-refractivity contribution in [2.75, 3.05) is 47.6 Å². The van der Waals surface area contributed by atoms with Gasteiger partial charge in [-0.25, -0.2) is 4.79 Å². The van der Waals surface area contributed by atoms with E-state index in [0.29, 0.717) is 30.9 Å². The van der Waals surface area contributed by atoms with E-state index >= 15 is 0 Å². The fourth-order valence-electron chi connectivity index (χ4n) is 8.03. The third-order valence-electron chi connectivity index (χ3n) is 11.4. The van der Waals surface area contributed by atoms with Crippen LogP contribution in [-0.4, -0.2) is 65.4 Å². The molecule has 0 atom stereocenters. The Labute approximate surface area is 396 Å². The summed E-state index contributed by atoms with van der Waals surface area (Å²) in [6.45, 7) is 1.13. The van der Waals surface area contributed by atoms with Gasteiger partial charge in [0.2, 0.25) is 0 Å². The zero-order chi connectivity index (χ0) is 46.9. The number of hydrogen-bond donors (Lipinski definition) is 2. The van der Waals surface area contributed by atoms with Crippen molar-refractivity contribution in [3.05, 3.63) is 238 Å². The van der Waals surface area contributed by atoms with Gasteiger partial charge in [-0.05, 0) is 88.7 Å². The fourth-order valence-corrected chi connectivity index (χ4v) is 9.10. The lowest BCUT2D eigenvalue weighted by Crippen LogP contribution is -2.34. The van der Waals surface area contributed by atoms with Crippen LogP contribution in [0.1, 0.15) is 77.3 Å². The number of ether oxygens (including phenoxy) is 4. The minimum absolute atomic E-state index is 0.0778. The Hall–Kier alpha value is -7.18. The normalized spacial score (nSPS) is 11.3. The molecule has 10 nitrogen and oxygen atoms in total. The van der Waals surface area contributed by atoms with Crippen LogP contribution in [0.4, 0.5) is 0 Å². The zero-order valence-corrected chi connectivity index (χ0v) is 38.6. The molecule has 0 spiro atoms. The van der Waals surface area contributed by atoms with E-state index in [-0.39, 0.29) is 36.4 Å². The Morgan fingerprint density at radius 1 is 0.463 bits per heavy atom. The van der Waals surface area contributed by atoms with Gasteiger partial charge in [0.05, 0.1) is 40.1 Å². The number of benzene rings is 7. The number of carbonyl (C=O) groups excluding carboxylic acids is 3. The maximum absolute atomic E-state index is 13.7. The van der Waals surface area contributed by atoms with Crippen LogP contribution in [0.3, 0.4) is 0 Å². The van der Waals surface area contributed by atoms with Crippen LogP contribution in [0.25, 0.3) is 0 Å². The van der Waals surface area contributed by atoms with Gasteiger partial charge in [-0.1, -0.05) is 146 Å². The first kappa shape index (κ1) is 47.8. The summed E-state index contributed by atoms with van der Waals surface area (Å²) in [6, 6.07) is 60.6. The lowest BCUT2D eigenvalue weighted by atomic mass is 9.80. The molecular weight excluding hydrogens is 861 g/mol. The SMILES string of the molecule is COC(=O)c1cc(C(=O)NCCCOSC(c2ccccc2)(c2ccccc2)c2ccccc2)cc(C(=O)NCCCOC(c2ccccc2)(c2ccc(OC)cc2)c2ccc(OC)cc2)c1. The first-order chi connectivity index (χ1) is 32.8. The highest BCUT2D eigenvalue weighted by Gasteiger charge is 2.39. The van der Waals surface area contributed by atoms with Gasteiger partial charge in [0, 0.05) is 36.3 Å². The molecule has 0 aliphatic rings. The second-order valence-electron chi connectivity index (χ2n) is 15.5. The number of hydrogen-bond acceptors (Lipinski definition) is 9. The van der Waals surface area contributed by atoms with Gasteiger partial charge in [-0.15, -0.1) is 0 Å². The third kappa shape index (κ3) is 11.3. The minimum atomic E-state index is -1.01. The van der Waals surface area contributed by atoms with Crippen LogP contribution in [0.15, 0.2) is 188 Å². The molecule has 2 N–H and O–H groups in total. The van der Waals surface area contributed by atoms with Crippen molar-refractivity contribution >= 4 is 29.8 Å². The molecule has 0 aliphatic heterocycles. The largest absolute Gasteiger partial charge is 0.497 e. The van der Waals surface area contributed by atoms with Crippen molar-refractivity contribution in [2.24, 2.45) is 0 Å². The van der Waals surface area contributed by atoms with Gasteiger partial charge in [0.25, 0.3) is 11.8 Å². The Balaban J connectivity index is 0.993. The summed E-state index contributed by atoms with van der Waals surface area (Å²) in [5.41, 5.74) is 5.28. The molecule has 0 fully saturated rings. The Morgan fingerprint density at radius 2 is 0.836 bits per heavy atom. The number of esters is 1. The smallest absolute Gasteiger partial charge is 0.337 e. The second kappa shape index (κ2) is 23.3. The molecular formula is C56H54N2O8S. The standard InChI is InChI=1S/C56H54N2O8S/c1-62-50-30-26-45(27-31-50)55(44-18-8-4-9-19-44,46-28-32-51(63-2)33-29-46)65-36-16-34-57-52(59)41-38-42(40-43(39-41)54(61)64-3)53(60)58-35-17-37-66-67-56(47-20-10-5-11-21-47,48-22-12-6-13-23-48)49-24-14-7-15-25-49/h4-15,18-33,38-40H,16-17,34-37H2,1-3H3,(H,57,59)(H,58,60). The van der Waals surface area contributed by atoms with E-state index in [4.69, 9.17) is 23.1 Å². The van der Waals surface area contributed by atoms with Crippen LogP contribution >= 0.6 is 12.0 Å². The van der Waals surface area contributed by atoms with E-state index < -0.39 is 28.1 Å². The maximum Gasteiger partial charge on any atom is 0.337 e. The van der Waals surface area contributed by atoms with Gasteiger partial charge in [-0.3, -0.25) is 9.59 Å². The van der Waals surface area contributed by atoms with Crippen LogP contribution < -0.4 is 20.1 Å². The molecule has 342 valence electrons. The molecule has 0 unspecified atom stereocenters. The van der Waals surface area contributed by atoms with E-state index in [0.717, 1.165) is 33.4 Å². The molecule has 0 aliphatic carbocycles. The molecule has 0 radical (unpaired) electrons. The highest BCUT2D eigenvalue weighted by atomic mass is 32.2. The summed E-state index contributed by atoms with van der Waals surface area (Å²) < 4.78 is 28.5. The predicted molar refractivity (Wildman–Crippen MR) is 263 cm³/mol. The molecule has 11 heteroatoms. The molecule has 2 amide bonds. The first-order valence-corrected chi connectivity index (χ1v) is 22.8. The summed E-state index contributed by atoms with van der Waals surface area (Å²) in [7, 11) is 4.51. The van der Waals surface area contributed by atoms with Crippen molar-refractivity contribution in [3.8, 4) is 11.5 Å². The lowest BCUT2D eigenvalue weighted by molar-refractivity contribution is 0.0117. The Morgan fingerprint density at radius 3 is 1.24 bits per heavy atom. The molecule has 67 heavy (non-hydrogen) atoms. The van der Waals surface area contributed by atoms with E-state index in [2.05, 4.69) is 47.0 Å². The highest BCUT2D eigenvalue weighted by molar-refractivity contribution is 7.96. The van der Waals surface area contributed by atoms with Gasteiger partial charge in [0.15, 0.2) is 0 Å². The summed E-state index contributed by atoms with van der Waals surface area (Å²) in [4.78, 5) is 40.0. The van der Waals surface area contributed by atoms with Crippen molar-refractivity contribution in [3.63, 3.8) is 0 Å². The predicted octanol–water partition coefficient (Wildman–Crippen LogP) is 10.4. The first-order valence-electron chi connectivity index (χ1n) is 22.1. The average molecular weight is 915 g/mol. The van der Waals surface area contributed by atoms with Crippen molar-refractivity contribution in [1.82, 2.24) is 10.6 Å². The van der Waals surface area contributed by atoms with Gasteiger partial charge < -0.3 is 33.8 Å². The van der Waals surface area contributed by atoms with Crippen LogP contribution in [0, 0.1) is 0 Å². The van der Waals surface area contributed by atoms with E-state index in [1.807, 2.05) is 133 Å². The molecule has 7 aromatic rings. The molecule has 0 saturated heterocycles. The van der Waals surface area contributed by atoms with Crippen LogP contribution in [0.2, 0.25) is 0 Å². The summed E-state index contributed by atoms with van der Waals surface area (Å²) in [5, 5.41) is 5.87. The lowest BCUT2D eigenvalue weighted by Gasteiger charge is -2.36. The molecule has 0 aromatic heterocycles. The minimum Gasteiger partial charge on any atom is -0.497 e. The number of amides is 2. The molecule has 0 heterocycles. The number of nitrogens with one attached hydrogen (secondary N) is 2.